The molecule has 0 aliphatic heterocycles. The molecule has 2 radical (unpaired) electrons. The van der Waals surface area contributed by atoms with Gasteiger partial charge in [0.15, 0.2) is 0 Å². The van der Waals surface area contributed by atoms with E-state index in [0.29, 0.717) is 0 Å². The molecule has 0 amide bonds. The first kappa shape index (κ1) is 87.8. The molecule has 0 saturated heterocycles. The summed E-state index contributed by atoms with van der Waals surface area (Å²) in [6.07, 6.45) is 0. The summed E-state index contributed by atoms with van der Waals surface area (Å²) in [4.78, 5) is 0. The van der Waals surface area contributed by atoms with Gasteiger partial charge in [-0.2, -0.15) is 0 Å². The smallest absolute Gasteiger partial charge is 2.00 e. The van der Waals surface area contributed by atoms with Gasteiger partial charge in [-0.3, -0.25) is 0 Å². The maximum absolute atomic E-state index is 0. The molecule has 0 rings (SSSR count). The zero-order valence-electron chi connectivity index (χ0n) is 3.22. The third-order valence-corrected chi connectivity index (χ3v) is 0. The molecule has 0 aromatic carbocycles. The van der Waals surface area contributed by atoms with Gasteiger partial charge < -0.3 is 16.4 Å². The van der Waals surface area contributed by atoms with E-state index in [9.17, 15) is 0 Å². The minimum Gasteiger partial charge on any atom is -2.00 e. The van der Waals surface area contributed by atoms with Crippen LogP contribution in [0.25, 0.3) is 0 Å². The average molecular weight is 326 g/mol. The Labute approximate surface area is 110 Å². The molecule has 0 spiro atoms. The van der Waals surface area contributed by atoms with Gasteiger partial charge in [-0.1, -0.05) is 0 Å². The first-order chi connectivity index (χ1) is 0. The van der Waals surface area contributed by atoms with Gasteiger partial charge in [0.2, 0.25) is 0 Å². The Morgan fingerprint density at radius 1 is 0.429 bits per heavy atom. The summed E-state index contributed by atoms with van der Waals surface area (Å²) in [5.74, 6) is 0. The van der Waals surface area contributed by atoms with Gasteiger partial charge in [-0.05, 0) is 0 Å². The molecule has 0 aliphatic carbocycles. The molecule has 0 aliphatic rings. The van der Waals surface area contributed by atoms with Crippen LogP contribution in [0, 0.1) is 0 Å². The van der Waals surface area contributed by atoms with E-state index in [1.54, 1.807) is 0 Å². The van der Waals surface area contributed by atoms with Gasteiger partial charge in [-0.15, -0.1) is 0 Å². The summed E-state index contributed by atoms with van der Waals surface area (Å²) >= 11 is 0. The second-order valence-corrected chi connectivity index (χ2v) is 0. The molecule has 0 bridgehead atoms. The average Bonchev–Trinajstić information content (AvgIpc) is 0. The SMILES string of the molecule is [O-2].[O-2].[O-2].[Ti+3].[Ti+3].[Zr].[Zr]. The Balaban J connectivity index is 0. The first-order valence-electron chi connectivity index (χ1n) is 0. The summed E-state index contributed by atoms with van der Waals surface area (Å²) < 4.78 is 0. The van der Waals surface area contributed by atoms with Crippen LogP contribution in [0.3, 0.4) is 0 Å². The molecule has 0 N–H and O–H groups in total. The van der Waals surface area contributed by atoms with Crippen LogP contribution in [-0.4, -0.2) is 0 Å². The Kier molecular flexibility index (Phi) is 785. The van der Waals surface area contributed by atoms with E-state index >= 15 is 0 Å². The molecular weight excluding hydrogens is 326 g/mol. The standard InChI is InChI=1S/3O.2Ti.2Zr/q3*-2;2*+3;;. The molecule has 0 aromatic heterocycles. The third-order valence-electron chi connectivity index (χ3n) is 0. The maximum Gasteiger partial charge on any atom is 3.00 e. The van der Waals surface area contributed by atoms with Crippen molar-refractivity contribution in [2.24, 2.45) is 0 Å². The van der Waals surface area contributed by atoms with Crippen molar-refractivity contribution >= 4 is 0 Å². The summed E-state index contributed by atoms with van der Waals surface area (Å²) in [5.41, 5.74) is 0. The molecule has 0 saturated carbocycles. The molecule has 7 heavy (non-hydrogen) atoms. The van der Waals surface area contributed by atoms with Crippen molar-refractivity contribution in [3.05, 3.63) is 0 Å². The van der Waals surface area contributed by atoms with Gasteiger partial charge in [0.25, 0.3) is 0 Å². The fourth-order valence-corrected chi connectivity index (χ4v) is 0. The van der Waals surface area contributed by atoms with Crippen LogP contribution in [-0.2, 0) is 112 Å². The fraction of sp³-hybridized carbons (Fsp3) is 0. The van der Waals surface area contributed by atoms with Crippen molar-refractivity contribution in [3.8, 4) is 0 Å². The second-order valence-electron chi connectivity index (χ2n) is 0. The quantitative estimate of drug-likeness (QED) is 0.544. The molecule has 0 heterocycles. The molecule has 7 heteroatoms. The Bertz CT molecular complexity index is 10.9. The number of hydrogen-bond acceptors (Lipinski definition) is 0. The zero-order valence-corrected chi connectivity index (χ0v) is 11.3. The van der Waals surface area contributed by atoms with E-state index in [4.69, 9.17) is 0 Å². The van der Waals surface area contributed by atoms with E-state index in [2.05, 4.69) is 0 Å². The molecule has 3 nitrogen and oxygen atoms in total. The largest absolute Gasteiger partial charge is 3.00 e. The summed E-state index contributed by atoms with van der Waals surface area (Å²) in [6.45, 7) is 0. The van der Waals surface area contributed by atoms with Gasteiger partial charge in [0.05, 0.1) is 0 Å². The van der Waals surface area contributed by atoms with Gasteiger partial charge >= 0.3 is 43.4 Å². The van der Waals surface area contributed by atoms with E-state index < -0.39 is 0 Å². The van der Waals surface area contributed by atoms with Crippen molar-refractivity contribution in [1.82, 2.24) is 0 Å². The summed E-state index contributed by atoms with van der Waals surface area (Å²) in [5, 5.41) is 0. The molecule has 0 fully saturated rings. The van der Waals surface area contributed by atoms with Crippen LogP contribution < -0.4 is 0 Å². The molecule has 0 aromatic rings. The van der Waals surface area contributed by atoms with Crippen molar-refractivity contribution in [2.45, 2.75) is 0 Å². The molecule has 34 valence electrons. The Morgan fingerprint density at radius 2 is 0.429 bits per heavy atom. The van der Waals surface area contributed by atoms with E-state index in [0.717, 1.165) is 0 Å². The summed E-state index contributed by atoms with van der Waals surface area (Å²) in [6, 6.07) is 0. The summed E-state index contributed by atoms with van der Waals surface area (Å²) in [7, 11) is 0. The normalized spacial score (nSPS) is 0. The number of hydrogen-bond donors (Lipinski definition) is 0. The zero-order chi connectivity index (χ0) is 0. The second kappa shape index (κ2) is 62.6. The Morgan fingerprint density at radius 3 is 0.429 bits per heavy atom. The fourth-order valence-electron chi connectivity index (χ4n) is 0. The van der Waals surface area contributed by atoms with Crippen molar-refractivity contribution in [3.63, 3.8) is 0 Å². The van der Waals surface area contributed by atoms with Crippen LogP contribution >= 0.6 is 0 Å². The van der Waals surface area contributed by atoms with Crippen LogP contribution in [0.2, 0.25) is 0 Å². The number of rotatable bonds is 0. The van der Waals surface area contributed by atoms with Gasteiger partial charge in [-0.25, -0.2) is 0 Å². The van der Waals surface area contributed by atoms with Crippen molar-refractivity contribution < 1.29 is 112 Å². The van der Waals surface area contributed by atoms with E-state index in [1.165, 1.54) is 0 Å². The van der Waals surface area contributed by atoms with E-state index in [1.807, 2.05) is 0 Å². The topological polar surface area (TPSA) is 85.5 Å². The van der Waals surface area contributed by atoms with Crippen LogP contribution in [0.5, 0.6) is 0 Å². The molecule has 0 atom stereocenters. The predicted molar refractivity (Wildman–Crippen MR) is 2.06 cm³/mol. The first-order valence-corrected chi connectivity index (χ1v) is 0. The van der Waals surface area contributed by atoms with Crippen LogP contribution in [0.1, 0.15) is 0 Å². The van der Waals surface area contributed by atoms with Crippen LogP contribution in [0.15, 0.2) is 0 Å². The third kappa shape index (κ3) is 48.0. The monoisotopic (exact) mass is 324 g/mol. The predicted octanol–water partition coefficient (Wildman–Crippen LogP) is -0.366. The van der Waals surface area contributed by atoms with Crippen molar-refractivity contribution in [2.75, 3.05) is 0 Å². The Hall–Kier alpha value is 3.07. The molecule has 0 unspecified atom stereocenters. The minimum absolute atomic E-state index is 0. The molecular formula is O3Ti2Zr2. The van der Waals surface area contributed by atoms with Crippen molar-refractivity contribution in [1.29, 1.82) is 0 Å². The van der Waals surface area contributed by atoms with E-state index in [-0.39, 0.29) is 112 Å². The van der Waals surface area contributed by atoms with Gasteiger partial charge in [0, 0.05) is 52.4 Å². The van der Waals surface area contributed by atoms with Crippen LogP contribution in [0.4, 0.5) is 0 Å². The maximum atomic E-state index is 0. The minimum atomic E-state index is 0. The van der Waals surface area contributed by atoms with Gasteiger partial charge in [0.1, 0.15) is 0 Å².